The van der Waals surface area contributed by atoms with Crippen LogP contribution in [0.15, 0.2) is 18.3 Å². The van der Waals surface area contributed by atoms with Gasteiger partial charge in [-0.25, -0.2) is 9.78 Å². The van der Waals surface area contributed by atoms with Crippen molar-refractivity contribution < 1.29 is 14.3 Å². The lowest BCUT2D eigenvalue weighted by Crippen LogP contribution is -2.55. The normalized spacial score (nSPS) is 11.4. The average Bonchev–Trinajstić information content (AvgIpc) is 2.57. The summed E-state index contributed by atoms with van der Waals surface area (Å²) in [7, 11) is 0. The number of hydrogen-bond donors (Lipinski definition) is 2. The van der Waals surface area contributed by atoms with Crippen LogP contribution < -0.4 is 10.6 Å². The zero-order chi connectivity index (χ0) is 19.1. The zero-order valence-corrected chi connectivity index (χ0v) is 15.5. The maximum atomic E-state index is 12.5. The first-order valence-corrected chi connectivity index (χ1v) is 8.30. The van der Waals surface area contributed by atoms with Crippen LogP contribution in [0, 0.1) is 11.3 Å². The van der Waals surface area contributed by atoms with E-state index in [4.69, 9.17) is 10.00 Å². The van der Waals surface area contributed by atoms with Crippen LogP contribution in [-0.4, -0.2) is 34.7 Å². The molecule has 136 valence electrons. The van der Waals surface area contributed by atoms with Crippen molar-refractivity contribution in [3.05, 3.63) is 29.6 Å². The molecule has 2 N–H and O–H groups in total. The third-order valence-corrected chi connectivity index (χ3v) is 3.83. The molecule has 0 atom stereocenters. The molecule has 0 radical (unpaired) electrons. The second-order valence-corrected chi connectivity index (χ2v) is 6.84. The lowest BCUT2D eigenvalue weighted by Gasteiger charge is -2.33. The molecule has 2 amide bonds. The molecule has 0 unspecified atom stereocenters. The molecule has 0 aliphatic carbocycles. The zero-order valence-electron chi connectivity index (χ0n) is 15.5. The molecule has 1 rings (SSSR count). The first kappa shape index (κ1) is 20.4. The van der Waals surface area contributed by atoms with Gasteiger partial charge in [-0.1, -0.05) is 13.8 Å². The van der Waals surface area contributed by atoms with Crippen molar-refractivity contribution >= 4 is 12.0 Å². The standard InChI is InChI=1S/C18H26N4O3/c1-6-18(7-2,12-21-16(24)25-17(3,4)5)22-15(23)14-9-8-13(10-19)11-20-14/h8-9,11H,6-7,12H2,1-5H3,(H,21,24)(H,22,23). The van der Waals surface area contributed by atoms with Crippen molar-refractivity contribution in [2.45, 2.75) is 58.6 Å². The summed E-state index contributed by atoms with van der Waals surface area (Å²) in [5.41, 5.74) is -0.576. The summed E-state index contributed by atoms with van der Waals surface area (Å²) < 4.78 is 5.23. The van der Waals surface area contributed by atoms with Gasteiger partial charge in [-0.05, 0) is 45.7 Å². The van der Waals surface area contributed by atoms with Gasteiger partial charge < -0.3 is 15.4 Å². The number of alkyl carbamates (subject to hydrolysis) is 1. The molecule has 1 aromatic heterocycles. The van der Waals surface area contributed by atoms with Gasteiger partial charge in [0.2, 0.25) is 0 Å². The largest absolute Gasteiger partial charge is 0.444 e. The van der Waals surface area contributed by atoms with Crippen molar-refractivity contribution in [1.29, 1.82) is 5.26 Å². The van der Waals surface area contributed by atoms with Gasteiger partial charge in [-0.15, -0.1) is 0 Å². The minimum atomic E-state index is -0.608. The second-order valence-electron chi connectivity index (χ2n) is 6.84. The third-order valence-electron chi connectivity index (χ3n) is 3.83. The Kier molecular flexibility index (Phi) is 6.92. The van der Waals surface area contributed by atoms with Crippen molar-refractivity contribution in [2.24, 2.45) is 0 Å². The molecular weight excluding hydrogens is 320 g/mol. The number of rotatable bonds is 6. The van der Waals surface area contributed by atoms with E-state index in [1.54, 1.807) is 26.8 Å². The van der Waals surface area contributed by atoms with E-state index in [-0.39, 0.29) is 18.1 Å². The molecule has 25 heavy (non-hydrogen) atoms. The number of nitriles is 1. The molecular formula is C18H26N4O3. The number of nitrogens with zero attached hydrogens (tertiary/aromatic N) is 2. The van der Waals surface area contributed by atoms with Gasteiger partial charge in [0.1, 0.15) is 17.4 Å². The van der Waals surface area contributed by atoms with Gasteiger partial charge in [-0.3, -0.25) is 4.79 Å². The minimum absolute atomic E-state index is 0.225. The fraction of sp³-hybridized carbons (Fsp3) is 0.556. The molecule has 0 bridgehead atoms. The van der Waals surface area contributed by atoms with E-state index in [0.717, 1.165) is 0 Å². The van der Waals surface area contributed by atoms with E-state index in [0.29, 0.717) is 18.4 Å². The highest BCUT2D eigenvalue weighted by atomic mass is 16.6. The highest BCUT2D eigenvalue weighted by molar-refractivity contribution is 5.92. The number of hydrogen-bond acceptors (Lipinski definition) is 5. The Hall–Kier alpha value is -2.62. The van der Waals surface area contributed by atoms with Gasteiger partial charge >= 0.3 is 6.09 Å². The molecule has 0 saturated carbocycles. The van der Waals surface area contributed by atoms with Crippen LogP contribution >= 0.6 is 0 Å². The molecule has 0 saturated heterocycles. The summed E-state index contributed by atoms with van der Waals surface area (Å²) in [4.78, 5) is 28.3. The molecule has 0 aliphatic heterocycles. The summed E-state index contributed by atoms with van der Waals surface area (Å²) in [6.45, 7) is 9.49. The van der Waals surface area contributed by atoms with Crippen LogP contribution in [0.3, 0.4) is 0 Å². The van der Waals surface area contributed by atoms with Gasteiger partial charge in [-0.2, -0.15) is 5.26 Å². The Bertz CT molecular complexity index is 638. The number of aromatic nitrogens is 1. The predicted octanol–water partition coefficient (Wildman–Crippen LogP) is 2.77. The molecule has 0 fully saturated rings. The molecule has 1 heterocycles. The Morgan fingerprint density at radius 2 is 1.88 bits per heavy atom. The first-order valence-electron chi connectivity index (χ1n) is 8.30. The molecule has 7 heteroatoms. The highest BCUT2D eigenvalue weighted by Gasteiger charge is 2.30. The van der Waals surface area contributed by atoms with Crippen molar-refractivity contribution in [1.82, 2.24) is 15.6 Å². The number of pyridine rings is 1. The lowest BCUT2D eigenvalue weighted by molar-refractivity contribution is 0.0501. The summed E-state index contributed by atoms with van der Waals surface area (Å²) >= 11 is 0. The quantitative estimate of drug-likeness (QED) is 0.824. The van der Waals surface area contributed by atoms with Crippen LogP contribution in [0.2, 0.25) is 0 Å². The Morgan fingerprint density at radius 3 is 2.32 bits per heavy atom. The third kappa shape index (κ3) is 6.42. The Balaban J connectivity index is 2.78. The Labute approximate surface area is 148 Å². The van der Waals surface area contributed by atoms with E-state index in [1.807, 2.05) is 19.9 Å². The summed E-state index contributed by atoms with van der Waals surface area (Å²) in [6, 6.07) is 5.01. The van der Waals surface area contributed by atoms with E-state index in [9.17, 15) is 9.59 Å². The number of nitrogens with one attached hydrogen (secondary N) is 2. The molecule has 1 aromatic rings. The highest BCUT2D eigenvalue weighted by Crippen LogP contribution is 2.16. The fourth-order valence-electron chi connectivity index (χ4n) is 2.18. The number of amides is 2. The van der Waals surface area contributed by atoms with E-state index < -0.39 is 17.2 Å². The van der Waals surface area contributed by atoms with Gasteiger partial charge in [0.05, 0.1) is 11.1 Å². The van der Waals surface area contributed by atoms with E-state index in [1.165, 1.54) is 12.3 Å². The van der Waals surface area contributed by atoms with E-state index >= 15 is 0 Å². The fourth-order valence-corrected chi connectivity index (χ4v) is 2.18. The van der Waals surface area contributed by atoms with Crippen LogP contribution in [0.4, 0.5) is 4.79 Å². The SMILES string of the molecule is CCC(CC)(CNC(=O)OC(C)(C)C)NC(=O)c1ccc(C#N)cn1. The lowest BCUT2D eigenvalue weighted by atomic mass is 9.92. The predicted molar refractivity (Wildman–Crippen MR) is 94.0 cm³/mol. The van der Waals surface area contributed by atoms with Crippen LogP contribution in [0.1, 0.15) is 63.5 Å². The van der Waals surface area contributed by atoms with Gasteiger partial charge in [0.15, 0.2) is 0 Å². The van der Waals surface area contributed by atoms with Crippen molar-refractivity contribution in [3.8, 4) is 6.07 Å². The van der Waals surface area contributed by atoms with Crippen molar-refractivity contribution in [2.75, 3.05) is 6.54 Å². The summed E-state index contributed by atoms with van der Waals surface area (Å²) in [6.07, 6.45) is 2.08. The van der Waals surface area contributed by atoms with Crippen LogP contribution in [0.5, 0.6) is 0 Å². The minimum Gasteiger partial charge on any atom is -0.444 e. The molecule has 0 aromatic carbocycles. The summed E-state index contributed by atoms with van der Waals surface area (Å²) in [5, 5.41) is 14.5. The second kappa shape index (κ2) is 8.47. The number of carbonyl (C=O) groups excluding carboxylic acids is 2. The van der Waals surface area contributed by atoms with Crippen LogP contribution in [-0.2, 0) is 4.74 Å². The molecule has 0 aliphatic rings. The van der Waals surface area contributed by atoms with Crippen LogP contribution in [0.25, 0.3) is 0 Å². The smallest absolute Gasteiger partial charge is 0.407 e. The van der Waals surface area contributed by atoms with Gasteiger partial charge in [0, 0.05) is 12.7 Å². The Morgan fingerprint density at radius 1 is 1.24 bits per heavy atom. The van der Waals surface area contributed by atoms with E-state index in [2.05, 4.69) is 15.6 Å². The number of carbonyl (C=O) groups is 2. The monoisotopic (exact) mass is 346 g/mol. The summed E-state index contributed by atoms with van der Waals surface area (Å²) in [5.74, 6) is -0.348. The van der Waals surface area contributed by atoms with Gasteiger partial charge in [0.25, 0.3) is 5.91 Å². The molecule has 7 nitrogen and oxygen atoms in total. The maximum Gasteiger partial charge on any atom is 0.407 e. The maximum absolute atomic E-state index is 12.5. The first-order chi connectivity index (χ1) is 11.6. The topological polar surface area (TPSA) is 104 Å². The number of ether oxygens (including phenoxy) is 1. The van der Waals surface area contributed by atoms with Crippen molar-refractivity contribution in [3.63, 3.8) is 0 Å². The molecule has 0 spiro atoms. The average molecular weight is 346 g/mol.